The molecule has 21 heteroatoms. The second-order valence-corrected chi connectivity index (χ2v) is 24.0. The van der Waals surface area contributed by atoms with Crippen LogP contribution in [0.2, 0.25) is 0 Å². The molecule has 0 radical (unpaired) electrons. The van der Waals surface area contributed by atoms with Crippen LogP contribution < -0.4 is 5.32 Å². The van der Waals surface area contributed by atoms with Crippen molar-refractivity contribution in [3.8, 4) is 0 Å². The second kappa shape index (κ2) is 21.7. The van der Waals surface area contributed by atoms with Crippen LogP contribution in [0.4, 0.5) is 5.69 Å². The summed E-state index contributed by atoms with van der Waals surface area (Å²) < 4.78 is 56.8. The second-order valence-electron chi connectivity index (χ2n) is 24.0. The predicted molar refractivity (Wildman–Crippen MR) is 262 cm³/mol. The van der Waals surface area contributed by atoms with Crippen molar-refractivity contribution in [3.63, 3.8) is 0 Å². The van der Waals surface area contributed by atoms with Gasteiger partial charge in [-0.15, -0.1) is 0 Å². The molecule has 5 aliphatic heterocycles. The minimum atomic E-state index is -1.75. The van der Waals surface area contributed by atoms with Crippen molar-refractivity contribution in [1.82, 2.24) is 5.32 Å². The lowest BCUT2D eigenvalue weighted by molar-refractivity contribution is -0.389. The van der Waals surface area contributed by atoms with E-state index in [1.165, 1.54) is 36.8 Å². The molecule has 420 valence electrons. The van der Waals surface area contributed by atoms with Crippen LogP contribution in [-0.4, -0.2) is 183 Å². The van der Waals surface area contributed by atoms with Crippen LogP contribution in [0.1, 0.15) is 110 Å². The quantitative estimate of drug-likeness (QED) is 0.0610. The Morgan fingerprint density at radius 3 is 2.19 bits per heavy atom. The maximum atomic E-state index is 12.6. The number of amides is 1. The molecule has 0 bridgehead atoms. The Balaban J connectivity index is 0.798. The molecule has 0 aromatic heterocycles. The number of carbonyl (C=O) groups is 1. The zero-order valence-electron chi connectivity index (χ0n) is 43.8. The van der Waals surface area contributed by atoms with E-state index in [4.69, 9.17) is 42.6 Å². The molecule has 8 N–H and O–H groups in total. The zero-order valence-corrected chi connectivity index (χ0v) is 43.8. The van der Waals surface area contributed by atoms with Crippen molar-refractivity contribution in [1.29, 1.82) is 0 Å². The van der Waals surface area contributed by atoms with E-state index in [0.29, 0.717) is 48.3 Å². The van der Waals surface area contributed by atoms with Gasteiger partial charge in [0.1, 0.15) is 61.0 Å². The van der Waals surface area contributed by atoms with Gasteiger partial charge in [0.2, 0.25) is 0 Å². The summed E-state index contributed by atoms with van der Waals surface area (Å²) >= 11 is 0. The maximum Gasteiger partial charge on any atom is 0.269 e. The summed E-state index contributed by atoms with van der Waals surface area (Å²) in [7, 11) is 0. The van der Waals surface area contributed by atoms with Crippen LogP contribution in [0.15, 0.2) is 35.9 Å². The van der Waals surface area contributed by atoms with E-state index in [1.807, 2.05) is 0 Å². The Morgan fingerprint density at radius 2 is 1.49 bits per heavy atom. The predicted octanol–water partition coefficient (Wildman–Crippen LogP) is 2.60. The topological polar surface area (TPSA) is 297 Å². The number of nitrogens with zero attached hydrogens (tertiary/aromatic N) is 1. The third kappa shape index (κ3) is 10.0. The van der Waals surface area contributed by atoms with Crippen molar-refractivity contribution < 1.29 is 88.1 Å². The van der Waals surface area contributed by atoms with Gasteiger partial charge in [-0.3, -0.25) is 14.9 Å². The summed E-state index contributed by atoms with van der Waals surface area (Å²) in [6, 6.07) is 5.06. The van der Waals surface area contributed by atoms with Crippen molar-refractivity contribution in [3.05, 3.63) is 51.6 Å². The normalized spacial score (nSPS) is 49.5. The van der Waals surface area contributed by atoms with Crippen molar-refractivity contribution in [2.24, 2.45) is 46.3 Å². The minimum Gasteiger partial charge on any atom is -0.394 e. The fourth-order valence-corrected chi connectivity index (χ4v) is 15.4. The third-order valence-corrected chi connectivity index (χ3v) is 19.7. The van der Waals surface area contributed by atoms with Gasteiger partial charge >= 0.3 is 0 Å². The molecule has 75 heavy (non-hydrogen) atoms. The number of nitro groups is 1. The molecule has 5 saturated heterocycles. The average molecular weight is 1060 g/mol. The number of nitrogens with one attached hydrogen (secondary N) is 1. The van der Waals surface area contributed by atoms with E-state index in [2.05, 4.69) is 39.1 Å². The van der Waals surface area contributed by atoms with Gasteiger partial charge in [-0.05, 0) is 118 Å². The van der Waals surface area contributed by atoms with E-state index in [-0.39, 0.29) is 41.3 Å². The molecule has 8 fully saturated rings. The van der Waals surface area contributed by atoms with E-state index >= 15 is 0 Å². The molecule has 4 aliphatic carbocycles. The summed E-state index contributed by atoms with van der Waals surface area (Å²) in [5, 5.41) is 91.6. The Morgan fingerprint density at radius 1 is 0.787 bits per heavy atom. The number of non-ortho nitro benzene ring substituents is 1. The molecule has 9 aliphatic rings. The highest BCUT2D eigenvalue weighted by atomic mass is 16.8. The largest absolute Gasteiger partial charge is 0.394 e. The number of nitro benzene ring substituents is 1. The summed E-state index contributed by atoms with van der Waals surface area (Å²) in [6.45, 7) is 12.6. The van der Waals surface area contributed by atoms with Crippen molar-refractivity contribution >= 4 is 11.6 Å². The first-order valence-electron chi connectivity index (χ1n) is 27.5. The Labute approximate surface area is 437 Å². The first-order valence-corrected chi connectivity index (χ1v) is 27.5. The van der Waals surface area contributed by atoms with Crippen LogP contribution in [0.5, 0.6) is 0 Å². The number of allylic oxidation sites excluding steroid dienone is 1. The first kappa shape index (κ1) is 55.5. The maximum absolute atomic E-state index is 12.6. The molecule has 1 aromatic carbocycles. The molecule has 21 nitrogen and oxygen atoms in total. The van der Waals surface area contributed by atoms with Crippen LogP contribution in [-0.2, 0) is 42.6 Å². The number of carbonyl (C=O) groups excluding carboxylic acids is 1. The number of aliphatic hydroxyl groups excluding tert-OH is 7. The van der Waals surface area contributed by atoms with Gasteiger partial charge in [-0.25, -0.2) is 0 Å². The molecule has 1 spiro atoms. The summed E-state index contributed by atoms with van der Waals surface area (Å²) in [4.78, 5) is 23.0. The number of hydrogen-bond acceptors (Lipinski definition) is 19. The number of ether oxygens (including phenoxy) is 9. The molecule has 3 saturated carbocycles. The molecule has 1 aromatic rings. The summed E-state index contributed by atoms with van der Waals surface area (Å²) in [6.07, 6.45) is -11.0. The number of hydrogen-bond donors (Lipinski definition) is 8. The summed E-state index contributed by atoms with van der Waals surface area (Å²) in [5.74, 6) is 1.96. The SMILES string of the molecule is C[C@@H]1CC[C@@]2(OC1)O[C@H]1C[C@H]3[C@@H]4CC=C5C[C@@H](O[C@@H]6O[C@H](CO)[C@@H](O[C@H]7O[C@H](C)[C@@H](OCCNC(=O)c8ccc([N+](=O)[O-])cc8)[C@H](O)[C@@H]7O)[C@H](O)[C@H]6O[C@H]6O[C@H](C)[C@@H](O)[C@H](O)[C@@H]6O)CC[C@]5(C)[C@H]4CC[C@]3(C)[C@H]1[C@@H]2C. The highest BCUT2D eigenvalue weighted by molar-refractivity contribution is 5.94. The van der Waals surface area contributed by atoms with Gasteiger partial charge in [-0.2, -0.15) is 0 Å². The fraction of sp³-hybridized carbons (Fsp3) is 0.833. The minimum absolute atomic E-state index is 0.0177. The number of aliphatic hydroxyl groups is 7. The Bertz CT molecular complexity index is 2220. The van der Waals surface area contributed by atoms with Crippen LogP contribution >= 0.6 is 0 Å². The number of fused-ring (bicyclic) bond motifs is 7. The van der Waals surface area contributed by atoms with E-state index in [1.54, 1.807) is 6.92 Å². The van der Waals surface area contributed by atoms with Crippen molar-refractivity contribution in [2.45, 2.75) is 209 Å². The van der Waals surface area contributed by atoms with Gasteiger partial charge in [0.05, 0.1) is 49.2 Å². The Kier molecular flexibility index (Phi) is 16.0. The monoisotopic (exact) mass is 1060 g/mol. The highest BCUT2D eigenvalue weighted by Gasteiger charge is 2.69. The van der Waals surface area contributed by atoms with Crippen LogP contribution in [0, 0.1) is 56.5 Å². The smallest absolute Gasteiger partial charge is 0.269 e. The lowest BCUT2D eigenvalue weighted by Crippen LogP contribution is -2.66. The average Bonchev–Trinajstić information content (AvgIpc) is 3.86. The van der Waals surface area contributed by atoms with Gasteiger partial charge in [0.25, 0.3) is 11.6 Å². The number of benzene rings is 1. The fourth-order valence-electron chi connectivity index (χ4n) is 15.4. The van der Waals surface area contributed by atoms with Crippen molar-refractivity contribution in [2.75, 3.05) is 26.4 Å². The van der Waals surface area contributed by atoms with Gasteiger partial charge in [0.15, 0.2) is 24.7 Å². The first-order chi connectivity index (χ1) is 35.7. The lowest BCUT2D eigenvalue weighted by Gasteiger charge is -2.58. The van der Waals surface area contributed by atoms with Crippen LogP contribution in [0.3, 0.4) is 0 Å². The zero-order chi connectivity index (χ0) is 53.5. The van der Waals surface area contributed by atoms with E-state index in [0.717, 1.165) is 51.6 Å². The molecular formula is C54H80N2O19. The van der Waals surface area contributed by atoms with Gasteiger partial charge in [0, 0.05) is 36.6 Å². The molecule has 1 amide bonds. The van der Waals surface area contributed by atoms with E-state index in [9.17, 15) is 50.7 Å². The van der Waals surface area contributed by atoms with Crippen LogP contribution in [0.25, 0.3) is 0 Å². The standard InChI is InChI=1S/C54H80N2O19/c1-25-13-18-54(68-24-25)26(2)38-36(75-54)22-35-33-12-9-30-21-32(14-16-52(30,5)34(33)15-17-53(35,38)6)71-51-47(74-49-42(61)40(59)39(58)27(3)69-49)44(63)46(37(23-57)72-51)73-50-43(62)41(60)45(28(4)70-50)67-20-19-55-48(64)29-7-10-31(11-8-29)56(65)66/h7-11,25-28,32-47,49-51,57-63H,12-24H2,1-6H3,(H,55,64)/t25-,26+,27-,28-,32+,33-,34+,35+,36+,37-,38+,39-,40+,41-,42+,43+,44+,45-,46-,47-,49-,50-,51-,52+,53+,54-/m1/s1. The molecule has 26 atom stereocenters. The van der Waals surface area contributed by atoms with Gasteiger partial charge in [-0.1, -0.05) is 39.3 Å². The highest BCUT2D eigenvalue weighted by Crippen LogP contribution is 2.71. The number of rotatable bonds is 13. The Hall–Kier alpha value is -2.81. The molecular weight excluding hydrogens is 981 g/mol. The molecule has 5 heterocycles. The molecule has 0 unspecified atom stereocenters. The van der Waals surface area contributed by atoms with Gasteiger partial charge < -0.3 is 83.7 Å². The third-order valence-electron chi connectivity index (χ3n) is 19.7. The molecule has 10 rings (SSSR count). The van der Waals surface area contributed by atoms with E-state index < -0.39 is 121 Å². The summed E-state index contributed by atoms with van der Waals surface area (Å²) in [5.41, 5.74) is 1.47. The lowest BCUT2D eigenvalue weighted by atomic mass is 9.47.